The fraction of sp³-hybridized carbons (Fsp3) is 0.500. The molecule has 0 spiro atoms. The molecule has 5 heteroatoms. The Morgan fingerprint density at radius 2 is 1.94 bits per heavy atom. The molecule has 0 saturated heterocycles. The lowest BCUT2D eigenvalue weighted by Gasteiger charge is -2.09. The van der Waals surface area contributed by atoms with Crippen molar-refractivity contribution in [3.05, 3.63) is 30.3 Å². The lowest BCUT2D eigenvalue weighted by molar-refractivity contribution is 0.575. The standard InChI is InChI=1S/C12H19NO2S2/c1-11(9-13)10-17(14,15)8-7-16-12-5-3-2-4-6-12/h2-6,11H,7-10,13H2,1H3. The normalized spacial score (nSPS) is 13.5. The lowest BCUT2D eigenvalue weighted by atomic mass is 10.2. The molecule has 0 fully saturated rings. The third kappa shape index (κ3) is 6.10. The van der Waals surface area contributed by atoms with Gasteiger partial charge in [0.2, 0.25) is 0 Å². The van der Waals surface area contributed by atoms with Crippen molar-refractivity contribution < 1.29 is 8.42 Å². The summed E-state index contributed by atoms with van der Waals surface area (Å²) >= 11 is 1.57. The van der Waals surface area contributed by atoms with Crippen LogP contribution >= 0.6 is 11.8 Å². The maximum atomic E-state index is 11.7. The first-order chi connectivity index (χ1) is 8.03. The summed E-state index contributed by atoms with van der Waals surface area (Å²) in [7, 11) is -2.96. The van der Waals surface area contributed by atoms with Crippen molar-refractivity contribution in [3.8, 4) is 0 Å². The molecule has 0 saturated carbocycles. The number of rotatable bonds is 7. The van der Waals surface area contributed by atoms with E-state index in [1.165, 1.54) is 0 Å². The lowest BCUT2D eigenvalue weighted by Crippen LogP contribution is -2.23. The Balaban J connectivity index is 2.36. The third-order valence-electron chi connectivity index (χ3n) is 2.35. The van der Waals surface area contributed by atoms with E-state index in [0.717, 1.165) is 4.90 Å². The van der Waals surface area contributed by atoms with Crippen molar-refractivity contribution in [2.75, 3.05) is 23.8 Å². The molecule has 1 rings (SSSR count). The van der Waals surface area contributed by atoms with Crippen molar-refractivity contribution in [3.63, 3.8) is 0 Å². The summed E-state index contributed by atoms with van der Waals surface area (Å²) < 4.78 is 23.4. The van der Waals surface area contributed by atoms with Crippen molar-refractivity contribution in [2.24, 2.45) is 11.7 Å². The largest absolute Gasteiger partial charge is 0.330 e. The average Bonchev–Trinajstić information content (AvgIpc) is 2.29. The van der Waals surface area contributed by atoms with Crippen LogP contribution in [-0.4, -0.2) is 32.2 Å². The zero-order valence-corrected chi connectivity index (χ0v) is 11.6. The quantitative estimate of drug-likeness (QED) is 0.769. The predicted octanol–water partition coefficient (Wildman–Crippen LogP) is 1.79. The van der Waals surface area contributed by atoms with Crippen molar-refractivity contribution in [1.29, 1.82) is 0 Å². The van der Waals surface area contributed by atoms with Crippen molar-refractivity contribution in [1.82, 2.24) is 0 Å². The molecule has 0 aromatic heterocycles. The molecule has 1 atom stereocenters. The number of benzene rings is 1. The van der Waals surface area contributed by atoms with Gasteiger partial charge in [0.15, 0.2) is 9.84 Å². The molecule has 1 unspecified atom stereocenters. The molecule has 0 amide bonds. The molecule has 0 bridgehead atoms. The molecule has 0 aliphatic carbocycles. The van der Waals surface area contributed by atoms with E-state index in [9.17, 15) is 8.42 Å². The monoisotopic (exact) mass is 273 g/mol. The van der Waals surface area contributed by atoms with Gasteiger partial charge >= 0.3 is 0 Å². The molecule has 1 aromatic carbocycles. The summed E-state index contributed by atoms with van der Waals surface area (Å²) in [5, 5.41) is 0. The van der Waals surface area contributed by atoms with Gasteiger partial charge in [-0.15, -0.1) is 11.8 Å². The number of thioether (sulfide) groups is 1. The van der Waals surface area contributed by atoms with Crippen molar-refractivity contribution in [2.45, 2.75) is 11.8 Å². The summed E-state index contributed by atoms with van der Waals surface area (Å²) in [5.41, 5.74) is 5.43. The fourth-order valence-corrected chi connectivity index (χ4v) is 4.49. The highest BCUT2D eigenvalue weighted by Crippen LogP contribution is 2.17. The van der Waals surface area contributed by atoms with Gasteiger partial charge in [-0.1, -0.05) is 25.1 Å². The van der Waals surface area contributed by atoms with E-state index in [0.29, 0.717) is 12.3 Å². The minimum atomic E-state index is -2.96. The zero-order chi connectivity index (χ0) is 12.7. The zero-order valence-electron chi connectivity index (χ0n) is 10.0. The van der Waals surface area contributed by atoms with E-state index in [2.05, 4.69) is 0 Å². The third-order valence-corrected chi connectivity index (χ3v) is 5.52. The Morgan fingerprint density at radius 1 is 1.29 bits per heavy atom. The molecule has 0 aliphatic rings. The second-order valence-electron chi connectivity index (χ2n) is 4.12. The van der Waals surface area contributed by atoms with Crippen LogP contribution in [0.5, 0.6) is 0 Å². The van der Waals surface area contributed by atoms with E-state index < -0.39 is 9.84 Å². The van der Waals surface area contributed by atoms with Gasteiger partial charge in [-0.2, -0.15) is 0 Å². The topological polar surface area (TPSA) is 60.2 Å². The first-order valence-corrected chi connectivity index (χ1v) is 8.42. The first kappa shape index (κ1) is 14.5. The number of sulfone groups is 1. The van der Waals surface area contributed by atoms with Gasteiger partial charge < -0.3 is 5.73 Å². The summed E-state index contributed by atoms with van der Waals surface area (Å²) in [6.07, 6.45) is 0. The summed E-state index contributed by atoms with van der Waals surface area (Å²) in [6.45, 7) is 2.28. The van der Waals surface area contributed by atoms with Crippen LogP contribution in [0.15, 0.2) is 35.2 Å². The van der Waals surface area contributed by atoms with Crippen molar-refractivity contribution >= 4 is 21.6 Å². The Hall–Kier alpha value is -0.520. The average molecular weight is 273 g/mol. The van der Waals surface area contributed by atoms with Gasteiger partial charge in [-0.05, 0) is 24.6 Å². The van der Waals surface area contributed by atoms with Gasteiger partial charge in [0.05, 0.1) is 11.5 Å². The van der Waals surface area contributed by atoms with Gasteiger partial charge in [0, 0.05) is 10.6 Å². The molecule has 2 N–H and O–H groups in total. The van der Waals surface area contributed by atoms with Crippen LogP contribution in [0.4, 0.5) is 0 Å². The van der Waals surface area contributed by atoms with E-state index in [4.69, 9.17) is 5.73 Å². The Morgan fingerprint density at radius 3 is 2.53 bits per heavy atom. The molecule has 0 aliphatic heterocycles. The van der Waals surface area contributed by atoms with Gasteiger partial charge in [-0.25, -0.2) is 8.42 Å². The number of hydrogen-bond acceptors (Lipinski definition) is 4. The molecule has 0 heterocycles. The highest BCUT2D eigenvalue weighted by molar-refractivity contribution is 8.00. The van der Waals surface area contributed by atoms with Crippen LogP contribution in [0, 0.1) is 5.92 Å². The number of nitrogens with two attached hydrogens (primary N) is 1. The maximum Gasteiger partial charge on any atom is 0.151 e. The van der Waals surface area contributed by atoms with Gasteiger partial charge in [0.25, 0.3) is 0 Å². The minimum absolute atomic E-state index is 0.0433. The summed E-state index contributed by atoms with van der Waals surface area (Å²) in [5.74, 6) is 1.06. The molecule has 3 nitrogen and oxygen atoms in total. The minimum Gasteiger partial charge on any atom is -0.330 e. The highest BCUT2D eigenvalue weighted by Gasteiger charge is 2.14. The summed E-state index contributed by atoms with van der Waals surface area (Å²) in [6, 6.07) is 9.82. The van der Waals surface area contributed by atoms with Crippen LogP contribution in [0.25, 0.3) is 0 Å². The molecule has 0 radical (unpaired) electrons. The first-order valence-electron chi connectivity index (χ1n) is 5.62. The second kappa shape index (κ2) is 7.03. The maximum absolute atomic E-state index is 11.7. The van der Waals surface area contributed by atoms with E-state index >= 15 is 0 Å². The van der Waals surface area contributed by atoms with Gasteiger partial charge in [0.1, 0.15) is 0 Å². The van der Waals surface area contributed by atoms with Crippen LogP contribution in [0.3, 0.4) is 0 Å². The van der Waals surface area contributed by atoms with Crippen LogP contribution in [-0.2, 0) is 9.84 Å². The second-order valence-corrected chi connectivity index (χ2v) is 7.51. The predicted molar refractivity (Wildman–Crippen MR) is 74.0 cm³/mol. The molecular weight excluding hydrogens is 254 g/mol. The Labute approximate surface area is 108 Å². The SMILES string of the molecule is CC(CN)CS(=O)(=O)CCSc1ccccc1. The van der Waals surface area contributed by atoms with Crippen LogP contribution in [0.2, 0.25) is 0 Å². The van der Waals surface area contributed by atoms with E-state index in [-0.39, 0.29) is 17.4 Å². The van der Waals surface area contributed by atoms with Crippen LogP contribution in [0.1, 0.15) is 6.92 Å². The fourth-order valence-electron chi connectivity index (χ4n) is 1.39. The Bertz CT molecular complexity index is 417. The molecule has 17 heavy (non-hydrogen) atoms. The molecule has 1 aromatic rings. The summed E-state index contributed by atoms with van der Waals surface area (Å²) in [4.78, 5) is 1.11. The number of hydrogen-bond donors (Lipinski definition) is 1. The molecular formula is C12H19NO2S2. The van der Waals surface area contributed by atoms with E-state index in [1.54, 1.807) is 11.8 Å². The van der Waals surface area contributed by atoms with Gasteiger partial charge in [-0.3, -0.25) is 0 Å². The van der Waals surface area contributed by atoms with Crippen LogP contribution < -0.4 is 5.73 Å². The Kier molecular flexibility index (Phi) is 6.02. The smallest absolute Gasteiger partial charge is 0.151 e. The highest BCUT2D eigenvalue weighted by atomic mass is 32.2. The molecule has 96 valence electrons. The van der Waals surface area contributed by atoms with E-state index in [1.807, 2.05) is 37.3 Å².